The number of nitrogens with one attached hydrogen (secondary N) is 1. The summed E-state index contributed by atoms with van der Waals surface area (Å²) >= 11 is 1.52. The Morgan fingerprint density at radius 1 is 1.03 bits per heavy atom. The van der Waals surface area contributed by atoms with Crippen molar-refractivity contribution >= 4 is 16.5 Å². The number of hydrogen-bond acceptors (Lipinski definition) is 6. The summed E-state index contributed by atoms with van der Waals surface area (Å²) in [5, 5.41) is 13.6. The molecule has 0 spiro atoms. The maximum atomic E-state index is 10.2. The Hall–Kier alpha value is -1.63. The lowest BCUT2D eigenvalue weighted by molar-refractivity contribution is -0.757. The van der Waals surface area contributed by atoms with Crippen molar-refractivity contribution in [2.24, 2.45) is 0 Å². The van der Waals surface area contributed by atoms with Crippen LogP contribution in [0.1, 0.15) is 107 Å². The second kappa shape index (κ2) is 17.1. The van der Waals surface area contributed by atoms with Crippen molar-refractivity contribution in [1.29, 1.82) is 0 Å². The molecule has 1 rings (SSSR count). The van der Waals surface area contributed by atoms with E-state index in [-0.39, 0.29) is 6.61 Å². The van der Waals surface area contributed by atoms with E-state index in [1.165, 1.54) is 88.4 Å². The van der Waals surface area contributed by atoms with Gasteiger partial charge in [0.1, 0.15) is 6.61 Å². The number of nitrogens with zero attached hydrogens (tertiary/aromatic N) is 2. The molecule has 0 saturated carbocycles. The van der Waals surface area contributed by atoms with Gasteiger partial charge in [0.05, 0.1) is 5.69 Å². The summed E-state index contributed by atoms with van der Waals surface area (Å²) in [7, 11) is 0. The number of rotatable bonds is 20. The zero-order chi connectivity index (χ0) is 22.0. The van der Waals surface area contributed by atoms with Crippen LogP contribution in [0, 0.1) is 17.0 Å². The van der Waals surface area contributed by atoms with Crippen LogP contribution in [0.25, 0.3) is 0 Å². The van der Waals surface area contributed by atoms with Gasteiger partial charge >= 0.3 is 0 Å². The van der Waals surface area contributed by atoms with Crippen molar-refractivity contribution in [3.8, 4) is 0 Å². The molecule has 0 fully saturated rings. The zero-order valence-electron chi connectivity index (χ0n) is 19.0. The molecule has 0 aromatic carbocycles. The van der Waals surface area contributed by atoms with E-state index in [2.05, 4.69) is 28.6 Å². The van der Waals surface area contributed by atoms with Gasteiger partial charge in [0.15, 0.2) is 5.13 Å². The standard InChI is InChI=1S/C23H41N3O3S/c1-4-5-6-7-8-9-10-11-12-13-14-15-16-17-20(2)24-23-25-21(3)22(30-23)18-19-29-26(27)28/h2,4-19H2,1,3H3,(H,24,25). The number of aromatic nitrogens is 1. The van der Waals surface area contributed by atoms with Gasteiger partial charge in [-0.05, 0) is 19.8 Å². The molecule has 1 heterocycles. The van der Waals surface area contributed by atoms with Crippen molar-refractivity contribution in [2.75, 3.05) is 11.9 Å². The summed E-state index contributed by atoms with van der Waals surface area (Å²) in [6.45, 7) is 8.36. The highest BCUT2D eigenvalue weighted by Crippen LogP contribution is 2.25. The number of thiazole rings is 1. The Balaban J connectivity index is 2.00. The first-order chi connectivity index (χ1) is 14.5. The highest BCUT2D eigenvalue weighted by atomic mass is 32.1. The summed E-state index contributed by atoms with van der Waals surface area (Å²) in [5.41, 5.74) is 1.88. The number of hydrogen-bond donors (Lipinski definition) is 1. The molecular weight excluding hydrogens is 398 g/mol. The van der Waals surface area contributed by atoms with E-state index in [1.807, 2.05) is 6.92 Å². The average molecular weight is 440 g/mol. The van der Waals surface area contributed by atoms with Crippen LogP contribution >= 0.6 is 11.3 Å². The van der Waals surface area contributed by atoms with Crippen LogP contribution in [0.4, 0.5) is 5.13 Å². The predicted octanol–water partition coefficient (Wildman–Crippen LogP) is 7.61. The lowest BCUT2D eigenvalue weighted by Crippen LogP contribution is -2.04. The summed E-state index contributed by atoms with van der Waals surface area (Å²) in [5.74, 6) is 0. The molecule has 0 aliphatic heterocycles. The number of unbranched alkanes of at least 4 members (excludes halogenated alkanes) is 12. The summed E-state index contributed by atoms with van der Waals surface area (Å²) in [6, 6.07) is 0. The Bertz CT molecular complexity index is 605. The zero-order valence-corrected chi connectivity index (χ0v) is 19.9. The molecule has 0 saturated heterocycles. The van der Waals surface area contributed by atoms with Crippen LogP contribution in [0.3, 0.4) is 0 Å². The van der Waals surface area contributed by atoms with Gasteiger partial charge in [0.25, 0.3) is 5.09 Å². The molecule has 6 nitrogen and oxygen atoms in total. The van der Waals surface area contributed by atoms with Crippen LogP contribution < -0.4 is 5.32 Å². The SMILES string of the molecule is C=C(CCCCCCCCCCCCCCC)Nc1nc(C)c(CCO[N+](=O)[O-])s1. The molecule has 0 bridgehead atoms. The van der Waals surface area contributed by atoms with Gasteiger partial charge < -0.3 is 10.2 Å². The highest BCUT2D eigenvalue weighted by molar-refractivity contribution is 7.15. The Kier molecular flexibility index (Phi) is 15.0. The fraction of sp³-hybridized carbons (Fsp3) is 0.783. The van der Waals surface area contributed by atoms with E-state index >= 15 is 0 Å². The monoisotopic (exact) mass is 439 g/mol. The van der Waals surface area contributed by atoms with Crippen LogP contribution in [0.15, 0.2) is 12.3 Å². The Morgan fingerprint density at radius 2 is 1.57 bits per heavy atom. The first kappa shape index (κ1) is 26.4. The predicted molar refractivity (Wildman–Crippen MR) is 127 cm³/mol. The summed E-state index contributed by atoms with van der Waals surface area (Å²) < 4.78 is 0. The minimum Gasteiger partial charge on any atom is -0.336 e. The van der Waals surface area contributed by atoms with E-state index in [0.717, 1.165) is 34.2 Å². The molecule has 0 aliphatic rings. The Labute approximate surface area is 186 Å². The van der Waals surface area contributed by atoms with E-state index in [9.17, 15) is 10.1 Å². The molecule has 0 aliphatic carbocycles. The summed E-state index contributed by atoms with van der Waals surface area (Å²) in [6.07, 6.45) is 19.1. The van der Waals surface area contributed by atoms with Crippen molar-refractivity contribution in [3.05, 3.63) is 33.0 Å². The molecule has 0 amide bonds. The third kappa shape index (κ3) is 13.6. The molecule has 7 heteroatoms. The first-order valence-corrected chi connectivity index (χ1v) is 12.5. The number of aryl methyl sites for hydroxylation is 1. The smallest absolute Gasteiger partial charge is 0.294 e. The van der Waals surface area contributed by atoms with Crippen molar-refractivity contribution in [3.63, 3.8) is 0 Å². The van der Waals surface area contributed by atoms with Gasteiger partial charge in [0.2, 0.25) is 0 Å². The number of anilines is 1. The number of allylic oxidation sites excluding steroid dienone is 1. The van der Waals surface area contributed by atoms with E-state index in [0.29, 0.717) is 6.42 Å². The van der Waals surface area contributed by atoms with Crippen LogP contribution in [-0.2, 0) is 11.3 Å². The highest BCUT2D eigenvalue weighted by Gasteiger charge is 2.09. The molecule has 30 heavy (non-hydrogen) atoms. The molecule has 1 N–H and O–H groups in total. The molecule has 0 unspecified atom stereocenters. The van der Waals surface area contributed by atoms with Gasteiger partial charge in [-0.25, -0.2) is 4.98 Å². The first-order valence-electron chi connectivity index (χ1n) is 11.7. The van der Waals surface area contributed by atoms with Crippen molar-refractivity contribution in [2.45, 2.75) is 110 Å². The molecule has 0 radical (unpaired) electrons. The van der Waals surface area contributed by atoms with Gasteiger partial charge in [0, 0.05) is 17.0 Å². The second-order valence-electron chi connectivity index (χ2n) is 8.06. The van der Waals surface area contributed by atoms with Crippen LogP contribution in [0.5, 0.6) is 0 Å². The van der Waals surface area contributed by atoms with E-state index < -0.39 is 5.09 Å². The minimum atomic E-state index is -0.757. The fourth-order valence-corrected chi connectivity index (χ4v) is 4.49. The van der Waals surface area contributed by atoms with Gasteiger partial charge in [-0.15, -0.1) is 21.5 Å². The normalized spacial score (nSPS) is 10.9. The van der Waals surface area contributed by atoms with Crippen LogP contribution in [0.2, 0.25) is 0 Å². The molecule has 172 valence electrons. The van der Waals surface area contributed by atoms with Gasteiger partial charge in [-0.1, -0.05) is 90.6 Å². The maximum absolute atomic E-state index is 10.2. The topological polar surface area (TPSA) is 77.3 Å². The maximum Gasteiger partial charge on any atom is 0.294 e. The lowest BCUT2D eigenvalue weighted by atomic mass is 10.0. The largest absolute Gasteiger partial charge is 0.336 e. The van der Waals surface area contributed by atoms with Crippen molar-refractivity contribution < 1.29 is 9.92 Å². The van der Waals surface area contributed by atoms with E-state index in [1.54, 1.807) is 0 Å². The van der Waals surface area contributed by atoms with Gasteiger partial charge in [-0.2, -0.15) is 0 Å². The Morgan fingerprint density at radius 3 is 2.10 bits per heavy atom. The summed E-state index contributed by atoms with van der Waals surface area (Å²) in [4.78, 5) is 20.1. The quantitative estimate of drug-likeness (QED) is 0.128. The third-order valence-corrected chi connectivity index (χ3v) is 6.42. The fourth-order valence-electron chi connectivity index (χ4n) is 3.50. The van der Waals surface area contributed by atoms with Crippen LogP contribution in [-0.4, -0.2) is 16.7 Å². The molecule has 1 aromatic rings. The lowest BCUT2D eigenvalue weighted by Gasteiger charge is -2.07. The molecule has 1 aromatic heterocycles. The molecular formula is C23H41N3O3S. The van der Waals surface area contributed by atoms with E-state index in [4.69, 9.17) is 0 Å². The molecule has 0 atom stereocenters. The third-order valence-electron chi connectivity index (χ3n) is 5.28. The van der Waals surface area contributed by atoms with Crippen molar-refractivity contribution in [1.82, 2.24) is 4.98 Å². The van der Waals surface area contributed by atoms with Gasteiger partial charge in [-0.3, -0.25) is 0 Å². The minimum absolute atomic E-state index is 0.0649. The average Bonchev–Trinajstić information content (AvgIpc) is 3.04. The second-order valence-corrected chi connectivity index (χ2v) is 9.14.